The van der Waals surface area contributed by atoms with E-state index in [4.69, 9.17) is 10.5 Å². The number of anilines is 1. The maximum atomic E-state index is 11.7. The van der Waals surface area contributed by atoms with E-state index in [-0.39, 0.29) is 5.97 Å². The number of H-pyrrole nitrogens is 1. The Kier molecular flexibility index (Phi) is 2.53. The zero-order valence-corrected chi connectivity index (χ0v) is 10.1. The molecule has 0 saturated heterocycles. The van der Waals surface area contributed by atoms with Crippen LogP contribution in [0.3, 0.4) is 0 Å². The van der Waals surface area contributed by atoms with Crippen LogP contribution in [0.25, 0.3) is 10.9 Å². The van der Waals surface area contributed by atoms with Crippen LogP contribution >= 0.6 is 0 Å². The lowest BCUT2D eigenvalue weighted by Crippen LogP contribution is -2.25. The highest BCUT2D eigenvalue weighted by molar-refractivity contribution is 5.90. The maximum absolute atomic E-state index is 11.7. The van der Waals surface area contributed by atoms with E-state index in [1.165, 1.54) is 0 Å². The highest BCUT2D eigenvalue weighted by atomic mass is 16.5. The van der Waals surface area contributed by atoms with Crippen molar-refractivity contribution in [2.24, 2.45) is 5.41 Å². The second-order valence-corrected chi connectivity index (χ2v) is 4.96. The Bertz CT molecular complexity index is 567. The number of carbonyl (C=O) groups is 1. The van der Waals surface area contributed by atoms with Gasteiger partial charge in [0.05, 0.1) is 10.9 Å². The molecule has 2 rings (SSSR count). The van der Waals surface area contributed by atoms with E-state index in [1.54, 1.807) is 18.2 Å². The van der Waals surface area contributed by atoms with Crippen molar-refractivity contribution in [1.82, 2.24) is 10.2 Å². The number of nitrogens with two attached hydrogens (primary N) is 1. The third kappa shape index (κ3) is 2.22. The molecule has 0 aliphatic carbocycles. The summed E-state index contributed by atoms with van der Waals surface area (Å²) in [7, 11) is 0. The predicted octanol–water partition coefficient (Wildman–Crippen LogP) is 2.10. The summed E-state index contributed by atoms with van der Waals surface area (Å²) in [6, 6.07) is 5.19. The Morgan fingerprint density at radius 2 is 2.12 bits per heavy atom. The first-order chi connectivity index (χ1) is 7.88. The van der Waals surface area contributed by atoms with Gasteiger partial charge < -0.3 is 10.5 Å². The van der Waals surface area contributed by atoms with E-state index in [0.717, 1.165) is 10.9 Å². The topological polar surface area (TPSA) is 81.0 Å². The van der Waals surface area contributed by atoms with E-state index in [2.05, 4.69) is 10.2 Å². The molecule has 17 heavy (non-hydrogen) atoms. The van der Waals surface area contributed by atoms with Gasteiger partial charge >= 0.3 is 5.97 Å². The first-order valence-corrected chi connectivity index (χ1v) is 5.34. The predicted molar refractivity (Wildman–Crippen MR) is 65.6 cm³/mol. The number of fused-ring (bicyclic) bond motifs is 1. The molecule has 0 unspecified atom stereocenters. The fraction of sp³-hybridized carbons (Fsp3) is 0.333. The number of aromatic nitrogens is 2. The maximum Gasteiger partial charge on any atom is 0.316 e. The largest absolute Gasteiger partial charge is 0.426 e. The zero-order valence-electron chi connectivity index (χ0n) is 10.1. The summed E-state index contributed by atoms with van der Waals surface area (Å²) >= 11 is 0. The van der Waals surface area contributed by atoms with Gasteiger partial charge in [0.2, 0.25) is 0 Å². The van der Waals surface area contributed by atoms with Crippen LogP contribution in [-0.4, -0.2) is 16.2 Å². The van der Waals surface area contributed by atoms with Gasteiger partial charge in [-0.1, -0.05) is 0 Å². The third-order valence-electron chi connectivity index (χ3n) is 2.39. The fourth-order valence-corrected chi connectivity index (χ4v) is 1.34. The normalized spacial score (nSPS) is 11.7. The zero-order chi connectivity index (χ0) is 12.6. The van der Waals surface area contributed by atoms with Crippen LogP contribution in [0.4, 0.5) is 5.82 Å². The average Bonchev–Trinajstić information content (AvgIpc) is 2.59. The minimum atomic E-state index is -0.526. The Balaban J connectivity index is 2.29. The molecule has 0 aliphatic heterocycles. The monoisotopic (exact) mass is 233 g/mol. The van der Waals surface area contributed by atoms with E-state index in [0.29, 0.717) is 11.6 Å². The molecule has 0 atom stereocenters. The minimum Gasteiger partial charge on any atom is -0.426 e. The Hall–Kier alpha value is -2.04. The van der Waals surface area contributed by atoms with Crippen LogP contribution < -0.4 is 10.5 Å². The molecule has 1 aromatic heterocycles. The number of benzene rings is 1. The molecule has 3 N–H and O–H groups in total. The lowest BCUT2D eigenvalue weighted by molar-refractivity contribution is -0.142. The standard InChI is InChI=1S/C12H15N3O2/c1-12(2,3)11(16)17-7-4-5-8-9(6-7)14-15-10(8)13/h4-6H,1-3H3,(H3,13,14,15). The van der Waals surface area contributed by atoms with Gasteiger partial charge in [0.15, 0.2) is 5.82 Å². The molecule has 1 heterocycles. The molecule has 0 spiro atoms. The van der Waals surface area contributed by atoms with Gasteiger partial charge in [-0.25, -0.2) is 0 Å². The summed E-state index contributed by atoms with van der Waals surface area (Å²) in [5.74, 6) is 0.652. The molecule has 0 bridgehead atoms. The van der Waals surface area contributed by atoms with E-state index in [9.17, 15) is 4.79 Å². The van der Waals surface area contributed by atoms with Gasteiger partial charge in [-0.15, -0.1) is 0 Å². The fourth-order valence-electron chi connectivity index (χ4n) is 1.34. The molecule has 0 saturated carbocycles. The smallest absolute Gasteiger partial charge is 0.316 e. The number of nitrogens with one attached hydrogen (secondary N) is 1. The minimum absolute atomic E-state index is 0.274. The Morgan fingerprint density at radius 3 is 2.76 bits per heavy atom. The second-order valence-electron chi connectivity index (χ2n) is 4.96. The Labute approximate surface area is 98.9 Å². The summed E-state index contributed by atoms with van der Waals surface area (Å²) in [6.07, 6.45) is 0. The molecular weight excluding hydrogens is 218 g/mol. The van der Waals surface area contributed by atoms with Gasteiger partial charge in [-0.3, -0.25) is 9.89 Å². The van der Waals surface area contributed by atoms with Gasteiger partial charge in [0, 0.05) is 11.5 Å². The molecule has 5 nitrogen and oxygen atoms in total. The average molecular weight is 233 g/mol. The number of nitrogen functional groups attached to an aromatic ring is 1. The summed E-state index contributed by atoms with van der Waals surface area (Å²) in [4.78, 5) is 11.7. The molecule has 0 amide bonds. The van der Waals surface area contributed by atoms with Gasteiger partial charge in [-0.05, 0) is 32.9 Å². The van der Waals surface area contributed by atoms with E-state index >= 15 is 0 Å². The molecular formula is C12H15N3O2. The van der Waals surface area contributed by atoms with Crippen LogP contribution in [0.1, 0.15) is 20.8 Å². The van der Waals surface area contributed by atoms with Crippen molar-refractivity contribution in [3.05, 3.63) is 18.2 Å². The molecule has 90 valence electrons. The highest BCUT2D eigenvalue weighted by Crippen LogP contribution is 2.25. The molecule has 0 radical (unpaired) electrons. The van der Waals surface area contributed by atoms with Crippen LogP contribution in [0.2, 0.25) is 0 Å². The SMILES string of the molecule is CC(C)(C)C(=O)Oc1ccc2c(N)n[nH]c2c1. The van der Waals surface area contributed by atoms with Crippen LogP contribution in [0.15, 0.2) is 18.2 Å². The summed E-state index contributed by atoms with van der Waals surface area (Å²) < 4.78 is 5.27. The number of carbonyl (C=O) groups excluding carboxylic acids is 1. The van der Waals surface area contributed by atoms with Crippen molar-refractivity contribution in [2.45, 2.75) is 20.8 Å². The number of rotatable bonds is 1. The van der Waals surface area contributed by atoms with Crippen molar-refractivity contribution in [3.8, 4) is 5.75 Å². The summed E-state index contributed by atoms with van der Waals surface area (Å²) in [5, 5.41) is 7.47. The van der Waals surface area contributed by atoms with Crippen LogP contribution in [-0.2, 0) is 4.79 Å². The molecule has 5 heteroatoms. The van der Waals surface area contributed by atoms with Crippen LogP contribution in [0.5, 0.6) is 5.75 Å². The number of nitrogens with zero attached hydrogens (tertiary/aromatic N) is 1. The lowest BCUT2D eigenvalue weighted by Gasteiger charge is -2.16. The van der Waals surface area contributed by atoms with Crippen molar-refractivity contribution < 1.29 is 9.53 Å². The van der Waals surface area contributed by atoms with E-state index < -0.39 is 5.41 Å². The number of esters is 1. The van der Waals surface area contributed by atoms with Crippen molar-refractivity contribution in [1.29, 1.82) is 0 Å². The molecule has 0 aliphatic rings. The van der Waals surface area contributed by atoms with Crippen molar-refractivity contribution in [2.75, 3.05) is 5.73 Å². The van der Waals surface area contributed by atoms with Crippen molar-refractivity contribution >= 4 is 22.7 Å². The van der Waals surface area contributed by atoms with Crippen LogP contribution in [0, 0.1) is 5.41 Å². The number of hydrogen-bond donors (Lipinski definition) is 2. The van der Waals surface area contributed by atoms with Gasteiger partial charge in [-0.2, -0.15) is 5.10 Å². The number of hydrogen-bond acceptors (Lipinski definition) is 4. The van der Waals surface area contributed by atoms with Gasteiger partial charge in [0.25, 0.3) is 0 Å². The summed E-state index contributed by atoms with van der Waals surface area (Å²) in [5.41, 5.74) is 5.87. The first kappa shape index (κ1) is 11.4. The number of ether oxygens (including phenoxy) is 1. The Morgan fingerprint density at radius 1 is 1.41 bits per heavy atom. The molecule has 1 aromatic carbocycles. The lowest BCUT2D eigenvalue weighted by atomic mass is 9.97. The van der Waals surface area contributed by atoms with E-state index in [1.807, 2.05) is 20.8 Å². The first-order valence-electron chi connectivity index (χ1n) is 5.34. The second kappa shape index (κ2) is 3.76. The molecule has 2 aromatic rings. The highest BCUT2D eigenvalue weighted by Gasteiger charge is 2.23. The number of aromatic amines is 1. The van der Waals surface area contributed by atoms with Crippen molar-refractivity contribution in [3.63, 3.8) is 0 Å². The summed E-state index contributed by atoms with van der Waals surface area (Å²) in [6.45, 7) is 5.42. The quantitative estimate of drug-likeness (QED) is 0.583. The third-order valence-corrected chi connectivity index (χ3v) is 2.39. The van der Waals surface area contributed by atoms with Gasteiger partial charge in [0.1, 0.15) is 5.75 Å². The molecule has 0 fully saturated rings.